The second kappa shape index (κ2) is 30.0. The maximum atomic E-state index is 13.6. The largest absolute Gasteiger partial charge is 0.380 e. The van der Waals surface area contributed by atoms with Crippen LogP contribution < -0.4 is 15.4 Å². The van der Waals surface area contributed by atoms with E-state index in [9.17, 15) is 41.3 Å². The van der Waals surface area contributed by atoms with E-state index in [4.69, 9.17) is 39.2 Å². The molecule has 3 N–H and O–H groups in total. The summed E-state index contributed by atoms with van der Waals surface area (Å²) >= 11 is 12.8. The molecule has 23 heteroatoms. The van der Waals surface area contributed by atoms with Gasteiger partial charge in [0.1, 0.15) is 11.5 Å². The molecule has 0 bridgehead atoms. The molecule has 4 heterocycles. The average Bonchev–Trinajstić information content (AvgIpc) is 2.52. The van der Waals surface area contributed by atoms with E-state index in [0.29, 0.717) is 158 Å². The highest BCUT2D eigenvalue weighted by Crippen LogP contribution is 2.41. The van der Waals surface area contributed by atoms with Crippen LogP contribution >= 0.6 is 23.2 Å². The number of nitrogens with zero attached hydrogens (tertiary/aromatic N) is 6. The molecule has 4 aliphatic heterocycles. The van der Waals surface area contributed by atoms with E-state index in [1.54, 1.807) is 36.4 Å². The first kappa shape index (κ1) is 64.2. The number of carbonyl (C=O) groups excluding carboxylic acids is 4. The number of ether oxygens (including phenoxy) is 2. The molecule has 450 valence electrons. The van der Waals surface area contributed by atoms with Crippen molar-refractivity contribution < 1.29 is 45.5 Å². The molecule has 0 aliphatic carbocycles. The summed E-state index contributed by atoms with van der Waals surface area (Å²) in [6.07, 6.45) is 4.81. The Morgan fingerprint density at radius 2 is 1.27 bits per heavy atom. The number of urea groups is 1. The first-order chi connectivity index (χ1) is 40.3. The molecule has 4 aromatic carbocycles. The summed E-state index contributed by atoms with van der Waals surface area (Å²) in [5, 5.41) is 16.2. The number of hydrogen-bond acceptors (Lipinski definition) is 15. The van der Waals surface area contributed by atoms with Gasteiger partial charge in [-0.2, -0.15) is 5.26 Å². The van der Waals surface area contributed by atoms with Crippen molar-refractivity contribution in [2.24, 2.45) is 11.8 Å². The summed E-state index contributed by atoms with van der Waals surface area (Å²) in [4.78, 5) is 63.5. The van der Waals surface area contributed by atoms with Crippen LogP contribution in [0.5, 0.6) is 0 Å². The highest BCUT2D eigenvalue weighted by atomic mass is 35.5. The number of ketones is 2. The number of rotatable bonds is 28. The van der Waals surface area contributed by atoms with Gasteiger partial charge in [0, 0.05) is 113 Å². The second-order valence-electron chi connectivity index (χ2n) is 22.5. The smallest absolute Gasteiger partial charge is 0.314 e. The van der Waals surface area contributed by atoms with E-state index in [-0.39, 0.29) is 45.1 Å². The Balaban J connectivity index is 0.615. The van der Waals surface area contributed by atoms with Gasteiger partial charge in [0.25, 0.3) is 10.0 Å². The number of nitrogens with one attached hydrogen (secondary N) is 3. The van der Waals surface area contributed by atoms with Crippen molar-refractivity contribution >= 4 is 72.3 Å². The highest BCUT2D eigenvalue weighted by Gasteiger charge is 2.35. The molecule has 0 spiro atoms. The van der Waals surface area contributed by atoms with Crippen LogP contribution in [0.25, 0.3) is 4.85 Å². The lowest BCUT2D eigenvalue weighted by Gasteiger charge is -2.33. The Morgan fingerprint density at radius 1 is 0.690 bits per heavy atom. The molecular formula is C61H75Cl2N9O10S2. The van der Waals surface area contributed by atoms with Crippen molar-refractivity contribution in [1.82, 2.24) is 35.0 Å². The van der Waals surface area contributed by atoms with Crippen molar-refractivity contribution in [1.29, 1.82) is 5.26 Å². The summed E-state index contributed by atoms with van der Waals surface area (Å²) in [7, 11) is -4.17. The lowest BCUT2D eigenvalue weighted by atomic mass is 9.83. The Labute approximate surface area is 504 Å². The maximum Gasteiger partial charge on any atom is 0.314 e. The molecule has 4 aliphatic rings. The van der Waals surface area contributed by atoms with E-state index in [1.807, 2.05) is 43.3 Å². The Kier molecular flexibility index (Phi) is 22.9. The quantitative estimate of drug-likeness (QED) is 0.0374. The summed E-state index contributed by atoms with van der Waals surface area (Å²) in [6, 6.07) is 22.2. The van der Waals surface area contributed by atoms with Crippen molar-refractivity contribution in [3.05, 3.63) is 133 Å². The normalized spacial score (nSPS) is 19.5. The molecule has 19 nitrogen and oxygen atoms in total. The van der Waals surface area contributed by atoms with Gasteiger partial charge >= 0.3 is 6.03 Å². The van der Waals surface area contributed by atoms with Crippen LogP contribution in [0.4, 0.5) is 10.5 Å². The molecule has 8 rings (SSSR count). The molecule has 2 saturated heterocycles. The zero-order valence-electron chi connectivity index (χ0n) is 47.8. The van der Waals surface area contributed by atoms with Gasteiger partial charge in [-0.25, -0.2) is 31.2 Å². The Bertz CT molecular complexity index is 3140. The zero-order valence-corrected chi connectivity index (χ0v) is 50.9. The number of sulfonamides is 1. The number of likely N-dealkylation sites (tertiary alicyclic amines) is 2. The van der Waals surface area contributed by atoms with Gasteiger partial charge in [0.2, 0.25) is 5.91 Å². The van der Waals surface area contributed by atoms with Crippen LogP contribution in [0.2, 0.25) is 10.0 Å². The fraction of sp³-hybridized carbons (Fsp3) is 0.508. The van der Waals surface area contributed by atoms with Gasteiger partial charge in [-0.1, -0.05) is 53.9 Å². The van der Waals surface area contributed by atoms with Gasteiger partial charge < -0.3 is 39.7 Å². The summed E-state index contributed by atoms with van der Waals surface area (Å²) in [5.41, 5.74) is 6.05. The van der Waals surface area contributed by atoms with E-state index >= 15 is 0 Å². The van der Waals surface area contributed by atoms with Crippen LogP contribution in [0.3, 0.4) is 0 Å². The number of Topliss-reactive ketones (excluding diaryl/α,β-unsaturated/α-hetero) is 2. The van der Waals surface area contributed by atoms with Gasteiger partial charge in [0.05, 0.1) is 53.7 Å². The number of hydrogen-bond donors (Lipinski definition) is 3. The lowest BCUT2D eigenvalue weighted by Crippen LogP contribution is -2.38. The second-order valence-corrected chi connectivity index (χ2v) is 27.1. The molecule has 2 unspecified atom stereocenters. The number of halogens is 2. The minimum atomic E-state index is -4.17. The van der Waals surface area contributed by atoms with E-state index in [2.05, 4.69) is 41.0 Å². The number of fused-ring (bicyclic) bond motifs is 2. The maximum absolute atomic E-state index is 13.6. The van der Waals surface area contributed by atoms with Gasteiger partial charge in [0.15, 0.2) is 21.3 Å². The molecule has 4 aromatic rings. The predicted molar refractivity (Wildman–Crippen MR) is 320 cm³/mol. The molecular weight excluding hydrogens is 1150 g/mol. The van der Waals surface area contributed by atoms with Crippen molar-refractivity contribution in [3.63, 3.8) is 0 Å². The standard InChI is InChI=1S/C61H75Cl2N9O10S2/c1-65-58-33-48(63)32-53-55(38-70(3)40-57(53)58)42-10-7-14-50(29-42)83(77,78)41-59(74)44-16-20-71(35-44)22-26-81-24-9-13-49(73)12-5-4-6-18-66-61(76)67-19-25-82-27-23-72-21-17-45(36-72)60(75)68-84(79,80)51-15-8-11-43(30-51)54-37-69(2)39-56-46(34-64)28-47(62)31-52(54)56/h7-8,10-11,14-15,28-33,44-45,54-55H,4-6,9,12-13,16-27,35-41H2,2-3H3,(H,68,75)(H2,66,67,76)/t44-,45-,54?,55?/m1/s1. The minimum Gasteiger partial charge on any atom is -0.380 e. The van der Waals surface area contributed by atoms with Crippen LogP contribution in [-0.4, -0.2) is 172 Å². The predicted octanol–water partition coefficient (Wildman–Crippen LogP) is 7.30. The Morgan fingerprint density at radius 3 is 1.95 bits per heavy atom. The average molecular weight is 1230 g/mol. The third-order valence-electron chi connectivity index (χ3n) is 16.2. The van der Waals surface area contributed by atoms with E-state index < -0.39 is 37.4 Å². The van der Waals surface area contributed by atoms with Crippen LogP contribution in [0.15, 0.2) is 82.6 Å². The molecule has 2 fully saturated rings. The van der Waals surface area contributed by atoms with E-state index in [0.717, 1.165) is 52.6 Å². The summed E-state index contributed by atoms with van der Waals surface area (Å²) < 4.78 is 68.0. The molecule has 84 heavy (non-hydrogen) atoms. The number of unbranched alkanes of at least 4 members (excludes halogenated alkanes) is 2. The minimum absolute atomic E-state index is 0.0186. The number of nitriles is 1. The molecule has 0 saturated carbocycles. The zero-order chi connectivity index (χ0) is 60.0. The van der Waals surface area contributed by atoms with Gasteiger partial charge in [-0.15, -0.1) is 0 Å². The van der Waals surface area contributed by atoms with Crippen molar-refractivity contribution in [2.45, 2.75) is 86.1 Å². The molecule has 3 amide bonds. The third-order valence-corrected chi connectivity index (χ3v) is 19.7. The lowest BCUT2D eigenvalue weighted by molar-refractivity contribution is -0.123. The monoisotopic (exact) mass is 1230 g/mol. The van der Waals surface area contributed by atoms with Crippen molar-refractivity contribution in [2.75, 3.05) is 112 Å². The SMILES string of the molecule is [C-]#[N+]c1cc(Cl)cc2c1CN(C)CC2c1cccc(S(=O)(=O)CC(=O)[C@@H]2CCN(CCOCCCC(=O)CCCCCNC(=O)NCCOCCN3CC[C@@H](C(=O)NS(=O)(=O)c4cccc(C5CN(C)Cc6c(C#N)cc(Cl)cc65)c4)C3)C2)c1. The van der Waals surface area contributed by atoms with E-state index in [1.165, 1.54) is 12.1 Å². The highest BCUT2D eigenvalue weighted by molar-refractivity contribution is 7.92. The fourth-order valence-electron chi connectivity index (χ4n) is 11.8. The summed E-state index contributed by atoms with van der Waals surface area (Å²) in [6.45, 7) is 15.6. The van der Waals surface area contributed by atoms with Gasteiger partial charge in [-0.05, 0) is 141 Å². The van der Waals surface area contributed by atoms with Crippen LogP contribution in [-0.2, 0) is 56.8 Å². The summed E-state index contributed by atoms with van der Waals surface area (Å²) in [5.74, 6) is -2.57. The number of benzene rings is 4. The third kappa shape index (κ3) is 17.4. The first-order valence-electron chi connectivity index (χ1n) is 28.8. The first-order valence-corrected chi connectivity index (χ1v) is 32.6. The van der Waals surface area contributed by atoms with Gasteiger partial charge in [-0.3, -0.25) is 14.4 Å². The molecule has 0 aromatic heterocycles. The number of carbonyl (C=O) groups is 4. The fourth-order valence-corrected chi connectivity index (χ4v) is 14.7. The molecule has 4 atom stereocenters. The van der Waals surface area contributed by atoms with Crippen LogP contribution in [0, 0.1) is 29.7 Å². The number of amides is 3. The van der Waals surface area contributed by atoms with Crippen molar-refractivity contribution in [3.8, 4) is 6.07 Å². The molecule has 0 radical (unpaired) electrons. The number of sulfone groups is 1. The number of likely N-dealkylation sites (N-methyl/N-ethyl adjacent to an activating group) is 2. The Hall–Kier alpha value is -5.82. The topological polar surface area (TPSA) is 232 Å². The van der Waals surface area contributed by atoms with Crippen LogP contribution in [0.1, 0.15) is 102 Å².